The zero-order chi connectivity index (χ0) is 23.0. The Labute approximate surface area is 191 Å². The smallest absolute Gasteiger partial charge is 0.416 e. The van der Waals surface area contributed by atoms with Crippen LogP contribution in [0.15, 0.2) is 47.2 Å². The molecule has 0 aliphatic carbocycles. The SMILES string of the molecule is CNSNc1cccc(CN2C(=O)Oc3cc(Oc4ncco4)c(F)cc3C23COC3)c1F. The van der Waals surface area contributed by atoms with E-state index in [0.29, 0.717) is 5.56 Å². The topological polar surface area (TPSA) is 98.1 Å². The van der Waals surface area contributed by atoms with Gasteiger partial charge in [-0.3, -0.25) is 4.90 Å². The van der Waals surface area contributed by atoms with E-state index in [1.54, 1.807) is 25.2 Å². The maximum atomic E-state index is 15.0. The summed E-state index contributed by atoms with van der Waals surface area (Å²) in [4.78, 5) is 18.1. The highest BCUT2D eigenvalue weighted by atomic mass is 32.2. The Bertz CT molecular complexity index is 1190. The molecule has 0 radical (unpaired) electrons. The molecular weight excluding hydrogens is 458 g/mol. The molecule has 172 valence electrons. The fourth-order valence-corrected chi connectivity index (χ4v) is 4.13. The van der Waals surface area contributed by atoms with Gasteiger partial charge in [0, 0.05) is 29.3 Å². The van der Waals surface area contributed by atoms with E-state index in [2.05, 4.69) is 14.4 Å². The maximum absolute atomic E-state index is 15.0. The molecule has 1 spiro atoms. The minimum atomic E-state index is -0.997. The second-order valence-corrected chi connectivity index (χ2v) is 8.16. The highest BCUT2D eigenvalue weighted by Gasteiger charge is 2.54. The van der Waals surface area contributed by atoms with Crippen molar-refractivity contribution in [1.82, 2.24) is 14.6 Å². The molecule has 12 heteroatoms. The van der Waals surface area contributed by atoms with E-state index in [0.717, 1.165) is 12.1 Å². The van der Waals surface area contributed by atoms with Crippen molar-refractivity contribution in [3.8, 4) is 17.6 Å². The molecule has 1 amide bonds. The summed E-state index contributed by atoms with van der Waals surface area (Å²) in [6.07, 6.45) is 1.78. The highest BCUT2D eigenvalue weighted by molar-refractivity contribution is 7.98. The van der Waals surface area contributed by atoms with Crippen LogP contribution < -0.4 is 18.9 Å². The molecule has 5 rings (SSSR count). The molecule has 2 N–H and O–H groups in total. The van der Waals surface area contributed by atoms with Crippen molar-refractivity contribution in [2.75, 3.05) is 25.0 Å². The van der Waals surface area contributed by atoms with Gasteiger partial charge in [0.1, 0.15) is 17.6 Å². The summed E-state index contributed by atoms with van der Waals surface area (Å²) in [5.41, 5.74) is -0.0580. The lowest BCUT2D eigenvalue weighted by molar-refractivity contribution is -0.143. The summed E-state index contributed by atoms with van der Waals surface area (Å²) >= 11 is 1.11. The monoisotopic (exact) mass is 476 g/mol. The van der Waals surface area contributed by atoms with Gasteiger partial charge in [-0.05, 0) is 19.2 Å². The van der Waals surface area contributed by atoms with E-state index in [1.807, 2.05) is 0 Å². The number of rotatable bonds is 7. The number of amides is 1. The molecule has 3 heterocycles. The number of fused-ring (bicyclic) bond motifs is 2. The Kier molecular flexibility index (Phi) is 5.56. The van der Waals surface area contributed by atoms with Crippen LogP contribution in [0.2, 0.25) is 0 Å². The fourth-order valence-electron chi connectivity index (χ4n) is 3.76. The van der Waals surface area contributed by atoms with Crippen LogP contribution in [0.3, 0.4) is 0 Å². The van der Waals surface area contributed by atoms with Crippen molar-refractivity contribution in [3.63, 3.8) is 0 Å². The number of hydrogen-bond donors (Lipinski definition) is 2. The molecule has 0 bridgehead atoms. The first-order valence-corrected chi connectivity index (χ1v) is 10.7. The molecule has 0 atom stereocenters. The third-order valence-electron chi connectivity index (χ3n) is 5.43. The third-order valence-corrected chi connectivity index (χ3v) is 5.95. The summed E-state index contributed by atoms with van der Waals surface area (Å²) in [5, 5.41) is 0. The standard InChI is InChI=1S/C21H18F2N4O5S/c1-24-33-26-15-4-2-3-12(18(15)23)9-27-20(28)32-16-8-17(31-19-25-5-6-30-19)14(22)7-13(16)21(27)10-29-11-21/h2-8,24,26H,9-11H2,1H3. The van der Waals surface area contributed by atoms with Crippen LogP contribution >= 0.6 is 12.1 Å². The van der Waals surface area contributed by atoms with Gasteiger partial charge in [0.15, 0.2) is 17.4 Å². The van der Waals surface area contributed by atoms with Gasteiger partial charge in [-0.15, -0.1) is 0 Å². The second kappa shape index (κ2) is 8.54. The number of ether oxygens (including phenoxy) is 3. The molecule has 2 aliphatic rings. The Morgan fingerprint density at radius 3 is 2.85 bits per heavy atom. The molecule has 2 aromatic carbocycles. The molecule has 9 nitrogen and oxygen atoms in total. The zero-order valence-electron chi connectivity index (χ0n) is 17.3. The van der Waals surface area contributed by atoms with Crippen molar-refractivity contribution in [1.29, 1.82) is 0 Å². The van der Waals surface area contributed by atoms with E-state index in [4.69, 9.17) is 18.6 Å². The van der Waals surface area contributed by atoms with Crippen molar-refractivity contribution in [2.45, 2.75) is 12.1 Å². The normalized spacial score (nSPS) is 16.2. The number of anilines is 1. The van der Waals surface area contributed by atoms with E-state index < -0.39 is 23.3 Å². The molecular formula is C21H18F2N4O5S. The quantitative estimate of drug-likeness (QED) is 0.487. The number of nitrogens with one attached hydrogen (secondary N) is 2. The average molecular weight is 476 g/mol. The lowest BCUT2D eigenvalue weighted by Crippen LogP contribution is -2.63. The van der Waals surface area contributed by atoms with E-state index >= 15 is 4.39 Å². The Hall–Kier alpha value is -3.35. The fraction of sp³-hybridized carbons (Fsp3) is 0.238. The number of benzene rings is 2. The number of oxazole rings is 1. The lowest BCUT2D eigenvalue weighted by Gasteiger charge is -2.51. The van der Waals surface area contributed by atoms with Crippen LogP contribution in [0.1, 0.15) is 11.1 Å². The summed E-state index contributed by atoms with van der Waals surface area (Å²) in [6, 6.07) is 7.34. The van der Waals surface area contributed by atoms with Crippen LogP contribution in [0, 0.1) is 11.6 Å². The Morgan fingerprint density at radius 1 is 1.30 bits per heavy atom. The number of hydrogen-bond acceptors (Lipinski definition) is 9. The first-order chi connectivity index (χ1) is 16.0. The van der Waals surface area contributed by atoms with Crippen molar-refractivity contribution < 1.29 is 32.2 Å². The van der Waals surface area contributed by atoms with Crippen LogP contribution in [0.5, 0.6) is 17.6 Å². The van der Waals surface area contributed by atoms with Gasteiger partial charge < -0.3 is 23.3 Å². The minimum absolute atomic E-state index is 0.0939. The van der Waals surface area contributed by atoms with Gasteiger partial charge >= 0.3 is 12.2 Å². The molecule has 1 fully saturated rings. The highest BCUT2D eigenvalue weighted by Crippen LogP contribution is 2.47. The molecule has 1 aromatic heterocycles. The number of nitrogens with zero attached hydrogens (tertiary/aromatic N) is 2. The predicted octanol–water partition coefficient (Wildman–Crippen LogP) is 4.18. The van der Waals surface area contributed by atoms with Gasteiger partial charge in [0.2, 0.25) is 0 Å². The van der Waals surface area contributed by atoms with Gasteiger partial charge in [0.05, 0.1) is 31.6 Å². The molecule has 2 aliphatic heterocycles. The maximum Gasteiger partial charge on any atom is 0.416 e. The minimum Gasteiger partial charge on any atom is -0.417 e. The summed E-state index contributed by atoms with van der Waals surface area (Å²) < 4.78 is 56.7. The van der Waals surface area contributed by atoms with Crippen molar-refractivity contribution in [3.05, 3.63) is 65.6 Å². The predicted molar refractivity (Wildman–Crippen MR) is 114 cm³/mol. The van der Waals surface area contributed by atoms with Crippen molar-refractivity contribution in [2.24, 2.45) is 0 Å². The average Bonchev–Trinajstić information content (AvgIpc) is 3.28. The van der Waals surface area contributed by atoms with Crippen LogP contribution in [-0.2, 0) is 16.8 Å². The zero-order valence-corrected chi connectivity index (χ0v) is 18.1. The summed E-state index contributed by atoms with van der Waals surface area (Å²) in [6.45, 7) is 0.136. The van der Waals surface area contributed by atoms with Gasteiger partial charge in [-0.1, -0.05) is 12.1 Å². The van der Waals surface area contributed by atoms with Crippen LogP contribution in [0.4, 0.5) is 19.3 Å². The van der Waals surface area contributed by atoms with Crippen LogP contribution in [-0.4, -0.2) is 36.2 Å². The van der Waals surface area contributed by atoms with E-state index in [-0.39, 0.29) is 48.6 Å². The van der Waals surface area contributed by atoms with Gasteiger partial charge in [-0.2, -0.15) is 4.98 Å². The van der Waals surface area contributed by atoms with Crippen LogP contribution in [0.25, 0.3) is 0 Å². The molecule has 33 heavy (non-hydrogen) atoms. The second-order valence-electron chi connectivity index (χ2n) is 7.34. The molecule has 3 aromatic rings. The Morgan fingerprint density at radius 2 is 2.15 bits per heavy atom. The molecule has 1 saturated heterocycles. The lowest BCUT2D eigenvalue weighted by atomic mass is 9.84. The number of aromatic nitrogens is 1. The first-order valence-electron chi connectivity index (χ1n) is 9.86. The number of carbonyl (C=O) groups is 1. The largest absolute Gasteiger partial charge is 0.417 e. The number of carbonyl (C=O) groups excluding carboxylic acids is 1. The van der Waals surface area contributed by atoms with E-state index in [9.17, 15) is 9.18 Å². The molecule has 0 saturated carbocycles. The van der Waals surface area contributed by atoms with Crippen molar-refractivity contribution >= 4 is 23.9 Å². The summed E-state index contributed by atoms with van der Waals surface area (Å²) in [7, 11) is 1.70. The molecule has 0 unspecified atom stereocenters. The van der Waals surface area contributed by atoms with Gasteiger partial charge in [0.25, 0.3) is 0 Å². The summed E-state index contributed by atoms with van der Waals surface area (Å²) in [5.74, 6) is -1.28. The van der Waals surface area contributed by atoms with E-state index in [1.165, 1.54) is 29.5 Å². The number of halogens is 2. The van der Waals surface area contributed by atoms with Gasteiger partial charge in [-0.25, -0.2) is 18.3 Å². The third kappa shape index (κ3) is 3.75. The first kappa shape index (κ1) is 21.5. The Balaban J connectivity index is 1.48.